The van der Waals surface area contributed by atoms with Gasteiger partial charge in [-0.3, -0.25) is 14.5 Å². The van der Waals surface area contributed by atoms with Gasteiger partial charge in [0.2, 0.25) is 11.8 Å². The molecule has 0 saturated carbocycles. The summed E-state index contributed by atoms with van der Waals surface area (Å²) < 4.78 is 5.10. The Bertz CT molecular complexity index is 771. The zero-order valence-corrected chi connectivity index (χ0v) is 17.0. The van der Waals surface area contributed by atoms with Gasteiger partial charge < -0.3 is 15.4 Å². The van der Waals surface area contributed by atoms with Gasteiger partial charge in [0.05, 0.1) is 20.2 Å². The lowest BCUT2D eigenvalue weighted by Crippen LogP contribution is -2.38. The van der Waals surface area contributed by atoms with Crippen molar-refractivity contribution in [3.8, 4) is 5.75 Å². The zero-order chi connectivity index (χ0) is 20.5. The van der Waals surface area contributed by atoms with Crippen molar-refractivity contribution in [1.29, 1.82) is 0 Å². The molecule has 2 aromatic carbocycles. The first-order valence-corrected chi connectivity index (χ1v) is 9.47. The summed E-state index contributed by atoms with van der Waals surface area (Å²) in [6.07, 6.45) is 0. The van der Waals surface area contributed by atoms with Crippen LogP contribution in [0.25, 0.3) is 0 Å². The van der Waals surface area contributed by atoms with Gasteiger partial charge in [0.1, 0.15) is 5.75 Å². The van der Waals surface area contributed by atoms with Crippen LogP contribution in [0.15, 0.2) is 48.5 Å². The topological polar surface area (TPSA) is 70.7 Å². The number of rotatable bonds is 9. The molecule has 0 saturated heterocycles. The number of likely N-dealkylation sites (N-methyl/N-ethyl adjacent to an activating group) is 1. The molecule has 2 amide bonds. The predicted molar refractivity (Wildman–Crippen MR) is 113 cm³/mol. The van der Waals surface area contributed by atoms with Crippen LogP contribution in [0, 0.1) is 0 Å². The van der Waals surface area contributed by atoms with Gasteiger partial charge in [0, 0.05) is 11.4 Å². The van der Waals surface area contributed by atoms with E-state index < -0.39 is 0 Å². The molecule has 0 spiro atoms. The number of benzene rings is 2. The number of carbonyl (C=O) groups is 2. The van der Waals surface area contributed by atoms with Crippen LogP contribution in [0.4, 0.5) is 11.4 Å². The molecule has 0 aliphatic heterocycles. The number of ether oxygens (including phenoxy) is 1. The fourth-order valence-electron chi connectivity index (χ4n) is 2.71. The number of anilines is 2. The maximum atomic E-state index is 12.3. The molecule has 28 heavy (non-hydrogen) atoms. The molecule has 0 aliphatic carbocycles. The number of nitrogens with zero attached hydrogens (tertiary/aromatic N) is 1. The van der Waals surface area contributed by atoms with Crippen molar-refractivity contribution < 1.29 is 14.3 Å². The van der Waals surface area contributed by atoms with E-state index in [2.05, 4.69) is 24.5 Å². The van der Waals surface area contributed by atoms with E-state index in [1.54, 1.807) is 36.3 Å². The SMILES string of the molecule is CCN(CC(=O)Nc1ccc(OC)cc1)CC(=O)Nc1ccc(C(C)C)cc1. The molecule has 0 bridgehead atoms. The molecule has 0 aliphatic rings. The summed E-state index contributed by atoms with van der Waals surface area (Å²) in [5.74, 6) is 0.869. The number of amides is 2. The third-order valence-electron chi connectivity index (χ3n) is 4.42. The zero-order valence-electron chi connectivity index (χ0n) is 17.0. The Labute approximate surface area is 166 Å². The van der Waals surface area contributed by atoms with Crippen LogP contribution in [-0.4, -0.2) is 43.5 Å². The Morgan fingerprint density at radius 3 is 1.75 bits per heavy atom. The first-order chi connectivity index (χ1) is 13.4. The van der Waals surface area contributed by atoms with E-state index in [9.17, 15) is 9.59 Å². The quantitative estimate of drug-likeness (QED) is 0.692. The summed E-state index contributed by atoms with van der Waals surface area (Å²) in [4.78, 5) is 26.4. The molecule has 2 rings (SSSR count). The molecule has 0 atom stereocenters. The highest BCUT2D eigenvalue weighted by Crippen LogP contribution is 2.17. The molecule has 0 radical (unpaired) electrons. The number of hydrogen-bond donors (Lipinski definition) is 2. The molecular weight excluding hydrogens is 354 g/mol. The smallest absolute Gasteiger partial charge is 0.238 e. The van der Waals surface area contributed by atoms with E-state index in [-0.39, 0.29) is 24.9 Å². The highest BCUT2D eigenvalue weighted by molar-refractivity contribution is 5.94. The van der Waals surface area contributed by atoms with Gasteiger partial charge in [-0.1, -0.05) is 32.9 Å². The van der Waals surface area contributed by atoms with E-state index in [1.807, 2.05) is 31.2 Å². The van der Waals surface area contributed by atoms with Crippen molar-refractivity contribution in [2.75, 3.05) is 37.4 Å². The lowest BCUT2D eigenvalue weighted by molar-refractivity contribution is -0.119. The summed E-state index contributed by atoms with van der Waals surface area (Å²) in [6, 6.07) is 15.0. The lowest BCUT2D eigenvalue weighted by atomic mass is 10.0. The normalized spacial score (nSPS) is 10.8. The van der Waals surface area contributed by atoms with Crippen molar-refractivity contribution in [3.63, 3.8) is 0 Å². The van der Waals surface area contributed by atoms with E-state index in [0.717, 1.165) is 11.4 Å². The first-order valence-electron chi connectivity index (χ1n) is 9.47. The van der Waals surface area contributed by atoms with E-state index >= 15 is 0 Å². The Kier molecular flexibility index (Phi) is 8.02. The lowest BCUT2D eigenvalue weighted by Gasteiger charge is -2.19. The van der Waals surface area contributed by atoms with Gasteiger partial charge in [-0.05, 0) is 54.4 Å². The largest absolute Gasteiger partial charge is 0.497 e. The van der Waals surface area contributed by atoms with E-state index in [4.69, 9.17) is 4.74 Å². The minimum atomic E-state index is -0.166. The molecule has 0 heterocycles. The molecule has 0 unspecified atom stereocenters. The summed E-state index contributed by atoms with van der Waals surface area (Å²) >= 11 is 0. The molecule has 0 fully saturated rings. The van der Waals surface area contributed by atoms with Gasteiger partial charge >= 0.3 is 0 Å². The number of hydrogen-bond acceptors (Lipinski definition) is 4. The minimum absolute atomic E-state index is 0.141. The van der Waals surface area contributed by atoms with Gasteiger partial charge in [-0.2, -0.15) is 0 Å². The van der Waals surface area contributed by atoms with Crippen LogP contribution >= 0.6 is 0 Å². The third-order valence-corrected chi connectivity index (χ3v) is 4.42. The van der Waals surface area contributed by atoms with Crippen LogP contribution in [0.3, 0.4) is 0 Å². The fourth-order valence-corrected chi connectivity index (χ4v) is 2.71. The summed E-state index contributed by atoms with van der Waals surface area (Å²) in [5.41, 5.74) is 2.67. The van der Waals surface area contributed by atoms with Crippen LogP contribution in [0.1, 0.15) is 32.3 Å². The van der Waals surface area contributed by atoms with Gasteiger partial charge in [-0.25, -0.2) is 0 Å². The Balaban J connectivity index is 1.84. The summed E-state index contributed by atoms with van der Waals surface area (Å²) in [6.45, 7) is 7.06. The third kappa shape index (κ3) is 6.70. The van der Waals surface area contributed by atoms with Crippen molar-refractivity contribution >= 4 is 23.2 Å². The highest BCUT2D eigenvalue weighted by Gasteiger charge is 2.14. The van der Waals surface area contributed by atoms with Gasteiger partial charge in [0.25, 0.3) is 0 Å². The van der Waals surface area contributed by atoms with Gasteiger partial charge in [-0.15, -0.1) is 0 Å². The van der Waals surface area contributed by atoms with E-state index in [0.29, 0.717) is 18.2 Å². The molecule has 2 N–H and O–H groups in total. The second-order valence-corrected chi connectivity index (χ2v) is 6.90. The highest BCUT2D eigenvalue weighted by atomic mass is 16.5. The molecule has 6 heteroatoms. The molecule has 150 valence electrons. The molecular formula is C22H29N3O3. The number of nitrogens with one attached hydrogen (secondary N) is 2. The van der Waals surface area contributed by atoms with Crippen LogP contribution < -0.4 is 15.4 Å². The van der Waals surface area contributed by atoms with E-state index in [1.165, 1.54) is 5.56 Å². The average molecular weight is 383 g/mol. The summed E-state index contributed by atoms with van der Waals surface area (Å²) in [5, 5.41) is 5.71. The Hall–Kier alpha value is -2.86. The number of methoxy groups -OCH3 is 1. The monoisotopic (exact) mass is 383 g/mol. The number of carbonyl (C=O) groups excluding carboxylic acids is 2. The second kappa shape index (κ2) is 10.5. The van der Waals surface area contributed by atoms with Crippen molar-refractivity contribution in [2.24, 2.45) is 0 Å². The van der Waals surface area contributed by atoms with Crippen molar-refractivity contribution in [3.05, 3.63) is 54.1 Å². The molecule has 0 aromatic heterocycles. The first kappa shape index (κ1) is 21.4. The average Bonchev–Trinajstić information content (AvgIpc) is 2.68. The fraction of sp³-hybridized carbons (Fsp3) is 0.364. The van der Waals surface area contributed by atoms with Crippen molar-refractivity contribution in [2.45, 2.75) is 26.7 Å². The van der Waals surface area contributed by atoms with Crippen molar-refractivity contribution in [1.82, 2.24) is 4.90 Å². The van der Waals surface area contributed by atoms with Crippen LogP contribution in [0.5, 0.6) is 5.75 Å². The maximum Gasteiger partial charge on any atom is 0.238 e. The predicted octanol–water partition coefficient (Wildman–Crippen LogP) is 3.72. The Morgan fingerprint density at radius 2 is 1.36 bits per heavy atom. The molecule has 2 aromatic rings. The maximum absolute atomic E-state index is 12.3. The van der Waals surface area contributed by atoms with Crippen LogP contribution in [0.2, 0.25) is 0 Å². The molecule has 6 nitrogen and oxygen atoms in total. The standard InChI is InChI=1S/C22H29N3O3/c1-5-25(15-22(27)24-19-10-12-20(28-4)13-11-19)14-21(26)23-18-8-6-17(7-9-18)16(2)3/h6-13,16H,5,14-15H2,1-4H3,(H,23,26)(H,24,27). The Morgan fingerprint density at radius 1 is 0.893 bits per heavy atom. The minimum Gasteiger partial charge on any atom is -0.497 e. The second-order valence-electron chi connectivity index (χ2n) is 6.90. The summed E-state index contributed by atoms with van der Waals surface area (Å²) in [7, 11) is 1.59. The van der Waals surface area contributed by atoms with Crippen LogP contribution in [-0.2, 0) is 9.59 Å². The van der Waals surface area contributed by atoms with Gasteiger partial charge in [0.15, 0.2) is 0 Å².